The Morgan fingerprint density at radius 2 is 1.92 bits per heavy atom. The number of amides is 1. The molecule has 1 aliphatic heterocycles. The number of rotatable bonds is 7. The van der Waals surface area contributed by atoms with E-state index in [0.717, 1.165) is 32.7 Å². The Morgan fingerprint density at radius 3 is 2.50 bits per heavy atom. The van der Waals surface area contributed by atoms with Gasteiger partial charge in [-0.3, -0.25) is 9.69 Å². The molecule has 1 fully saturated rings. The number of esters is 1. The number of H-pyrrole nitrogens is 1. The predicted octanol–water partition coefficient (Wildman–Crippen LogP) is 1.89. The minimum atomic E-state index is -0.429. The number of hydrogen-bond donors (Lipinski definition) is 2. The van der Waals surface area contributed by atoms with Crippen LogP contribution in [0.1, 0.15) is 52.4 Å². The third-order valence-corrected chi connectivity index (χ3v) is 4.86. The van der Waals surface area contributed by atoms with E-state index >= 15 is 0 Å². The molecule has 1 atom stereocenters. The summed E-state index contributed by atoms with van der Waals surface area (Å²) in [5.74, 6) is -0.0794. The summed E-state index contributed by atoms with van der Waals surface area (Å²) >= 11 is 0. The van der Waals surface area contributed by atoms with Gasteiger partial charge in [-0.15, -0.1) is 0 Å². The van der Waals surface area contributed by atoms with Gasteiger partial charge in [0.2, 0.25) is 0 Å². The van der Waals surface area contributed by atoms with Gasteiger partial charge in [-0.1, -0.05) is 13.8 Å². The molecule has 0 bridgehead atoms. The van der Waals surface area contributed by atoms with E-state index in [9.17, 15) is 9.59 Å². The number of methoxy groups -OCH3 is 1. The number of carbonyl (C=O) groups is 2. The van der Waals surface area contributed by atoms with Crippen molar-refractivity contribution in [3.63, 3.8) is 0 Å². The van der Waals surface area contributed by atoms with Gasteiger partial charge in [0.25, 0.3) is 5.91 Å². The quantitative estimate of drug-likeness (QED) is 0.721. The minimum absolute atomic E-state index is 0.192. The molecule has 2 N–H and O–H groups in total. The van der Waals surface area contributed by atoms with Crippen molar-refractivity contribution in [2.24, 2.45) is 5.92 Å². The normalized spacial score (nSPS) is 16.5. The Labute approximate surface area is 155 Å². The molecule has 1 unspecified atom stereocenters. The molecule has 0 saturated carbocycles. The van der Waals surface area contributed by atoms with E-state index in [1.54, 1.807) is 13.8 Å². The zero-order valence-electron chi connectivity index (χ0n) is 16.5. The van der Waals surface area contributed by atoms with Crippen LogP contribution in [0.2, 0.25) is 0 Å². The molecule has 1 amide bonds. The maximum Gasteiger partial charge on any atom is 0.339 e. The van der Waals surface area contributed by atoms with Crippen LogP contribution in [0.3, 0.4) is 0 Å². The molecule has 7 heteroatoms. The highest BCUT2D eigenvalue weighted by Crippen LogP contribution is 2.19. The number of carbonyl (C=O) groups excluding carboxylic acids is 2. The summed E-state index contributed by atoms with van der Waals surface area (Å²) < 4.78 is 10.2. The highest BCUT2D eigenvalue weighted by molar-refractivity contribution is 6.00. The lowest BCUT2D eigenvalue weighted by Crippen LogP contribution is -2.49. The van der Waals surface area contributed by atoms with Gasteiger partial charge >= 0.3 is 5.97 Å². The Bertz CT molecular complexity index is 633. The van der Waals surface area contributed by atoms with Crippen molar-refractivity contribution >= 4 is 11.9 Å². The molecule has 1 aliphatic rings. The lowest BCUT2D eigenvalue weighted by Gasteiger charge is -2.35. The van der Waals surface area contributed by atoms with Crippen molar-refractivity contribution < 1.29 is 19.1 Å². The molecule has 146 valence electrons. The van der Waals surface area contributed by atoms with E-state index in [1.165, 1.54) is 7.11 Å². The second-order valence-corrected chi connectivity index (χ2v) is 7.26. The molecule has 0 aliphatic carbocycles. The van der Waals surface area contributed by atoms with Crippen molar-refractivity contribution in [3.8, 4) is 0 Å². The van der Waals surface area contributed by atoms with E-state index < -0.39 is 5.97 Å². The molecule has 0 aromatic carbocycles. The fourth-order valence-electron chi connectivity index (χ4n) is 3.53. The van der Waals surface area contributed by atoms with Gasteiger partial charge in [0.15, 0.2) is 0 Å². The lowest BCUT2D eigenvalue weighted by atomic mass is 10.0. The number of aromatic amines is 1. The van der Waals surface area contributed by atoms with Gasteiger partial charge in [0.1, 0.15) is 5.69 Å². The first-order chi connectivity index (χ1) is 12.3. The number of morpholine rings is 1. The highest BCUT2D eigenvalue weighted by Gasteiger charge is 2.25. The Hall–Kier alpha value is -1.86. The molecular formula is C19H31N3O4. The average molecular weight is 365 g/mol. The second kappa shape index (κ2) is 9.19. The number of nitrogens with one attached hydrogen (secondary N) is 2. The summed E-state index contributed by atoms with van der Waals surface area (Å²) in [4.78, 5) is 30.0. The molecular weight excluding hydrogens is 334 g/mol. The lowest BCUT2D eigenvalue weighted by molar-refractivity contribution is 0.0124. The maximum atomic E-state index is 12.7. The van der Waals surface area contributed by atoms with E-state index in [1.807, 2.05) is 0 Å². The molecule has 0 spiro atoms. The van der Waals surface area contributed by atoms with Gasteiger partial charge in [-0.05, 0) is 31.7 Å². The Kier molecular flexibility index (Phi) is 7.23. The van der Waals surface area contributed by atoms with E-state index in [-0.39, 0.29) is 11.9 Å². The summed E-state index contributed by atoms with van der Waals surface area (Å²) in [7, 11) is 1.34. The molecule has 2 heterocycles. The molecule has 1 aromatic heterocycles. The van der Waals surface area contributed by atoms with Crippen LogP contribution < -0.4 is 5.32 Å². The van der Waals surface area contributed by atoms with E-state index in [4.69, 9.17) is 9.47 Å². The SMILES string of the molecule is COC(=O)c1c(C)[nH]c(C(=O)NCC(CC(C)C)N2CCOCC2)c1C. The number of nitrogens with zero attached hydrogens (tertiary/aromatic N) is 1. The molecule has 2 rings (SSSR count). The number of ether oxygens (including phenoxy) is 2. The first-order valence-electron chi connectivity index (χ1n) is 9.22. The van der Waals surface area contributed by atoms with Crippen molar-refractivity contribution in [3.05, 3.63) is 22.5 Å². The standard InChI is InChI=1S/C19H31N3O4/c1-12(2)10-15(22-6-8-26-9-7-22)11-20-18(23)17-13(3)16(14(4)21-17)19(24)25-5/h12,15,21H,6-11H2,1-5H3,(H,20,23). The summed E-state index contributed by atoms with van der Waals surface area (Å²) in [6.07, 6.45) is 1.01. The van der Waals surface area contributed by atoms with Crippen LogP contribution in [0.5, 0.6) is 0 Å². The van der Waals surface area contributed by atoms with Crippen molar-refractivity contribution in [2.45, 2.75) is 40.2 Å². The number of aryl methyl sites for hydroxylation is 1. The largest absolute Gasteiger partial charge is 0.465 e. The first kappa shape index (κ1) is 20.5. The summed E-state index contributed by atoms with van der Waals surface area (Å²) in [5, 5.41) is 3.04. The molecule has 1 aromatic rings. The fraction of sp³-hybridized carbons (Fsp3) is 0.684. The summed E-state index contributed by atoms with van der Waals surface area (Å²) in [6, 6.07) is 0.277. The van der Waals surface area contributed by atoms with Crippen molar-refractivity contribution in [1.29, 1.82) is 0 Å². The number of aromatic nitrogens is 1. The van der Waals surface area contributed by atoms with Crippen LogP contribution in [-0.2, 0) is 9.47 Å². The summed E-state index contributed by atoms with van der Waals surface area (Å²) in [6.45, 7) is 11.7. The predicted molar refractivity (Wildman–Crippen MR) is 99.6 cm³/mol. The second-order valence-electron chi connectivity index (χ2n) is 7.26. The number of hydrogen-bond acceptors (Lipinski definition) is 5. The van der Waals surface area contributed by atoms with Gasteiger partial charge in [-0.2, -0.15) is 0 Å². The van der Waals surface area contributed by atoms with Crippen molar-refractivity contribution in [2.75, 3.05) is 40.0 Å². The average Bonchev–Trinajstić information content (AvgIpc) is 2.92. The fourth-order valence-corrected chi connectivity index (χ4v) is 3.53. The topological polar surface area (TPSA) is 83.7 Å². The molecule has 1 saturated heterocycles. The van der Waals surface area contributed by atoms with Gasteiger partial charge < -0.3 is 19.8 Å². The molecule has 0 radical (unpaired) electrons. The van der Waals surface area contributed by atoms with Crippen LogP contribution in [0, 0.1) is 19.8 Å². The zero-order valence-corrected chi connectivity index (χ0v) is 16.5. The van der Waals surface area contributed by atoms with Crippen LogP contribution in [0.4, 0.5) is 0 Å². The zero-order chi connectivity index (χ0) is 19.3. The molecule has 26 heavy (non-hydrogen) atoms. The van der Waals surface area contributed by atoms with Crippen LogP contribution >= 0.6 is 0 Å². The maximum absolute atomic E-state index is 12.7. The Morgan fingerprint density at radius 1 is 1.27 bits per heavy atom. The minimum Gasteiger partial charge on any atom is -0.465 e. The van der Waals surface area contributed by atoms with Gasteiger partial charge in [0, 0.05) is 31.4 Å². The van der Waals surface area contributed by atoms with Crippen LogP contribution in [0.15, 0.2) is 0 Å². The van der Waals surface area contributed by atoms with Crippen molar-refractivity contribution in [1.82, 2.24) is 15.2 Å². The van der Waals surface area contributed by atoms with Gasteiger partial charge in [0.05, 0.1) is 25.9 Å². The van der Waals surface area contributed by atoms with Crippen LogP contribution in [-0.4, -0.2) is 67.8 Å². The monoisotopic (exact) mass is 365 g/mol. The highest BCUT2D eigenvalue weighted by atomic mass is 16.5. The first-order valence-corrected chi connectivity index (χ1v) is 9.22. The third kappa shape index (κ3) is 4.86. The Balaban J connectivity index is 2.06. The van der Waals surface area contributed by atoms with E-state index in [0.29, 0.717) is 35.0 Å². The molecule has 7 nitrogen and oxygen atoms in total. The third-order valence-electron chi connectivity index (χ3n) is 4.86. The summed E-state index contributed by atoms with van der Waals surface area (Å²) in [5.41, 5.74) is 2.13. The smallest absolute Gasteiger partial charge is 0.339 e. The van der Waals surface area contributed by atoms with Gasteiger partial charge in [-0.25, -0.2) is 4.79 Å². The van der Waals surface area contributed by atoms with Crippen LogP contribution in [0.25, 0.3) is 0 Å². The van der Waals surface area contributed by atoms with E-state index in [2.05, 4.69) is 29.0 Å².